The van der Waals surface area contributed by atoms with E-state index in [1.807, 2.05) is 6.92 Å². The number of rotatable bonds is 5. The van der Waals surface area contributed by atoms with E-state index in [2.05, 4.69) is 48.3 Å². The van der Waals surface area contributed by atoms with Crippen molar-refractivity contribution in [2.24, 2.45) is 5.92 Å². The van der Waals surface area contributed by atoms with Gasteiger partial charge in [0.05, 0.1) is 6.61 Å². The summed E-state index contributed by atoms with van der Waals surface area (Å²) in [4.78, 5) is 2.59. The molecule has 0 aromatic heterocycles. The highest BCUT2D eigenvalue weighted by atomic mass is 16.5. The molecule has 2 aliphatic rings. The molecular formula is C18H28N2O. The summed E-state index contributed by atoms with van der Waals surface area (Å²) in [6.45, 7) is 9.63. The summed E-state index contributed by atoms with van der Waals surface area (Å²) in [5.41, 5.74) is 1.58. The smallest absolute Gasteiger partial charge is 0.121 e. The second kappa shape index (κ2) is 5.88. The fourth-order valence-corrected chi connectivity index (χ4v) is 3.58. The Labute approximate surface area is 128 Å². The van der Waals surface area contributed by atoms with Crippen molar-refractivity contribution in [2.75, 3.05) is 24.6 Å². The Morgan fingerprint density at radius 3 is 2.81 bits per heavy atom. The summed E-state index contributed by atoms with van der Waals surface area (Å²) in [5.74, 6) is 1.84. The molecule has 1 N–H and O–H groups in total. The fourth-order valence-electron chi connectivity index (χ4n) is 3.58. The van der Waals surface area contributed by atoms with E-state index in [0.717, 1.165) is 31.4 Å². The molecule has 0 radical (unpaired) electrons. The topological polar surface area (TPSA) is 24.5 Å². The van der Waals surface area contributed by atoms with Crippen LogP contribution in [-0.4, -0.2) is 31.3 Å². The highest BCUT2D eigenvalue weighted by Gasteiger charge is 2.45. The molecule has 2 atom stereocenters. The van der Waals surface area contributed by atoms with Gasteiger partial charge in [0.1, 0.15) is 5.75 Å². The average Bonchev–Trinajstić information content (AvgIpc) is 3.33. The Balaban J connectivity index is 1.83. The minimum absolute atomic E-state index is 0.271. The molecule has 1 saturated heterocycles. The first kappa shape index (κ1) is 14.7. The van der Waals surface area contributed by atoms with Crippen LogP contribution < -0.4 is 15.0 Å². The van der Waals surface area contributed by atoms with Crippen LogP contribution in [-0.2, 0) is 0 Å². The maximum atomic E-state index is 5.68. The lowest BCUT2D eigenvalue weighted by molar-refractivity contribution is 0.252. The van der Waals surface area contributed by atoms with Gasteiger partial charge >= 0.3 is 0 Å². The summed E-state index contributed by atoms with van der Waals surface area (Å²) in [6, 6.07) is 9.17. The molecular weight excluding hydrogens is 260 g/mol. The van der Waals surface area contributed by atoms with Crippen molar-refractivity contribution >= 4 is 5.69 Å². The zero-order chi connectivity index (χ0) is 14.9. The number of ether oxygens (including phenoxy) is 1. The van der Waals surface area contributed by atoms with Gasteiger partial charge in [0.15, 0.2) is 0 Å². The number of nitrogens with zero attached hydrogens (tertiary/aromatic N) is 1. The molecule has 1 saturated carbocycles. The minimum Gasteiger partial charge on any atom is -0.494 e. The third kappa shape index (κ3) is 3.03. The van der Waals surface area contributed by atoms with Gasteiger partial charge in [0.2, 0.25) is 0 Å². The van der Waals surface area contributed by atoms with Gasteiger partial charge in [-0.3, -0.25) is 0 Å². The van der Waals surface area contributed by atoms with Gasteiger partial charge in [-0.1, -0.05) is 13.0 Å². The van der Waals surface area contributed by atoms with Crippen molar-refractivity contribution in [3.8, 4) is 5.75 Å². The lowest BCUT2D eigenvalue weighted by Crippen LogP contribution is -2.64. The number of hydrogen-bond donors (Lipinski definition) is 1. The molecule has 2 unspecified atom stereocenters. The Kier molecular flexibility index (Phi) is 4.12. The van der Waals surface area contributed by atoms with E-state index < -0.39 is 0 Å². The van der Waals surface area contributed by atoms with Gasteiger partial charge in [-0.2, -0.15) is 0 Å². The molecule has 21 heavy (non-hydrogen) atoms. The van der Waals surface area contributed by atoms with E-state index in [-0.39, 0.29) is 5.54 Å². The molecule has 1 aliphatic carbocycles. The van der Waals surface area contributed by atoms with E-state index in [0.29, 0.717) is 6.04 Å². The van der Waals surface area contributed by atoms with Crippen molar-refractivity contribution in [3.63, 3.8) is 0 Å². The Morgan fingerprint density at radius 2 is 2.14 bits per heavy atom. The summed E-state index contributed by atoms with van der Waals surface area (Å²) in [5, 5.41) is 3.83. The molecule has 116 valence electrons. The minimum atomic E-state index is 0.271. The molecule has 2 fully saturated rings. The predicted molar refractivity (Wildman–Crippen MR) is 88.2 cm³/mol. The first-order chi connectivity index (χ1) is 10.2. The van der Waals surface area contributed by atoms with Crippen LogP contribution in [0.5, 0.6) is 5.75 Å². The number of hydrogen-bond acceptors (Lipinski definition) is 3. The highest BCUT2D eigenvalue weighted by Crippen LogP contribution is 2.42. The molecule has 1 heterocycles. The third-order valence-corrected chi connectivity index (χ3v) is 5.09. The van der Waals surface area contributed by atoms with Crippen LogP contribution in [0, 0.1) is 5.92 Å². The Hall–Kier alpha value is -1.22. The lowest BCUT2D eigenvalue weighted by Gasteiger charge is -2.47. The standard InChI is InChI=1S/C18H28N2O/c1-4-15-12-19-18(3,14-9-10-14)13-20(15)16-7-6-8-17(11-16)21-5-2/h6-8,11,14-15,19H,4-5,9-10,12-13H2,1-3H3. The monoisotopic (exact) mass is 288 g/mol. The van der Waals surface area contributed by atoms with Gasteiger partial charge in [-0.15, -0.1) is 0 Å². The van der Waals surface area contributed by atoms with Crippen LogP contribution in [0.15, 0.2) is 24.3 Å². The van der Waals surface area contributed by atoms with E-state index in [9.17, 15) is 0 Å². The van der Waals surface area contributed by atoms with Gasteiger partial charge < -0.3 is 15.0 Å². The first-order valence-corrected chi connectivity index (χ1v) is 8.41. The second-order valence-corrected chi connectivity index (χ2v) is 6.69. The summed E-state index contributed by atoms with van der Waals surface area (Å²) in [6.07, 6.45) is 3.94. The average molecular weight is 288 g/mol. The lowest BCUT2D eigenvalue weighted by atomic mass is 9.90. The van der Waals surface area contributed by atoms with Crippen LogP contribution in [0.1, 0.15) is 40.0 Å². The maximum absolute atomic E-state index is 5.68. The normalized spacial score (nSPS) is 29.5. The first-order valence-electron chi connectivity index (χ1n) is 8.41. The fraction of sp³-hybridized carbons (Fsp3) is 0.667. The third-order valence-electron chi connectivity index (χ3n) is 5.09. The highest BCUT2D eigenvalue weighted by molar-refractivity contribution is 5.53. The predicted octanol–water partition coefficient (Wildman–Crippen LogP) is 3.44. The SMILES string of the molecule is CCOc1cccc(N2CC(C)(C3CC3)NCC2CC)c1. The van der Waals surface area contributed by atoms with Gasteiger partial charge in [0, 0.05) is 36.4 Å². The van der Waals surface area contributed by atoms with Crippen molar-refractivity contribution in [2.45, 2.75) is 51.6 Å². The van der Waals surface area contributed by atoms with E-state index in [1.54, 1.807) is 0 Å². The van der Waals surface area contributed by atoms with Crippen molar-refractivity contribution in [3.05, 3.63) is 24.3 Å². The molecule has 3 nitrogen and oxygen atoms in total. The van der Waals surface area contributed by atoms with Crippen molar-refractivity contribution in [1.82, 2.24) is 5.32 Å². The van der Waals surface area contributed by atoms with Crippen LogP contribution >= 0.6 is 0 Å². The van der Waals surface area contributed by atoms with Crippen LogP contribution in [0.4, 0.5) is 5.69 Å². The van der Waals surface area contributed by atoms with Gasteiger partial charge in [0.25, 0.3) is 0 Å². The largest absolute Gasteiger partial charge is 0.494 e. The molecule has 0 amide bonds. The maximum Gasteiger partial charge on any atom is 0.121 e. The van der Waals surface area contributed by atoms with E-state index >= 15 is 0 Å². The molecule has 3 heteroatoms. The number of anilines is 1. The van der Waals surface area contributed by atoms with Gasteiger partial charge in [-0.05, 0) is 51.2 Å². The van der Waals surface area contributed by atoms with E-state index in [4.69, 9.17) is 4.74 Å². The molecule has 0 bridgehead atoms. The van der Waals surface area contributed by atoms with Crippen molar-refractivity contribution in [1.29, 1.82) is 0 Å². The summed E-state index contributed by atoms with van der Waals surface area (Å²) < 4.78 is 5.68. The zero-order valence-corrected chi connectivity index (χ0v) is 13.6. The number of benzene rings is 1. The molecule has 0 spiro atoms. The summed E-state index contributed by atoms with van der Waals surface area (Å²) >= 11 is 0. The van der Waals surface area contributed by atoms with Crippen LogP contribution in [0.25, 0.3) is 0 Å². The molecule has 3 rings (SSSR count). The molecule has 1 aliphatic heterocycles. The molecule has 1 aromatic rings. The number of piperazine rings is 1. The second-order valence-electron chi connectivity index (χ2n) is 6.69. The quantitative estimate of drug-likeness (QED) is 0.898. The Morgan fingerprint density at radius 1 is 1.33 bits per heavy atom. The van der Waals surface area contributed by atoms with Crippen LogP contribution in [0.2, 0.25) is 0 Å². The van der Waals surface area contributed by atoms with Gasteiger partial charge in [-0.25, -0.2) is 0 Å². The van der Waals surface area contributed by atoms with E-state index in [1.165, 1.54) is 24.9 Å². The molecule has 1 aromatic carbocycles. The summed E-state index contributed by atoms with van der Waals surface area (Å²) in [7, 11) is 0. The zero-order valence-electron chi connectivity index (χ0n) is 13.6. The Bertz CT molecular complexity index is 486. The number of nitrogens with one attached hydrogen (secondary N) is 1. The van der Waals surface area contributed by atoms with Crippen LogP contribution in [0.3, 0.4) is 0 Å². The van der Waals surface area contributed by atoms with Crippen molar-refractivity contribution < 1.29 is 4.74 Å².